The first-order valence-electron chi connectivity index (χ1n) is 8.21. The number of hydrogen-bond donors (Lipinski definition) is 1. The van der Waals surface area contributed by atoms with Gasteiger partial charge in [-0.25, -0.2) is 9.37 Å². The quantitative estimate of drug-likeness (QED) is 0.920. The Morgan fingerprint density at radius 3 is 2.87 bits per heavy atom. The lowest BCUT2D eigenvalue weighted by atomic mass is 9.87. The summed E-state index contributed by atoms with van der Waals surface area (Å²) >= 11 is 0. The average molecular weight is 315 g/mol. The molecule has 122 valence electrons. The Morgan fingerprint density at radius 1 is 1.30 bits per heavy atom. The van der Waals surface area contributed by atoms with Gasteiger partial charge in [0.25, 0.3) is 0 Å². The molecule has 1 saturated carbocycles. The molecule has 1 fully saturated rings. The van der Waals surface area contributed by atoms with Gasteiger partial charge in [0.05, 0.1) is 24.0 Å². The van der Waals surface area contributed by atoms with Gasteiger partial charge in [0, 0.05) is 20.1 Å². The second kappa shape index (κ2) is 5.30. The number of imidazole rings is 1. The first kappa shape index (κ1) is 14.6. The van der Waals surface area contributed by atoms with Crippen molar-refractivity contribution in [3.63, 3.8) is 0 Å². The minimum Gasteiger partial charge on any atom is -0.358 e. The number of aromatic nitrogens is 2. The molecular formula is C17H22FN5. The number of aryl methyl sites for hydroxylation is 1. The van der Waals surface area contributed by atoms with Crippen molar-refractivity contribution in [2.24, 2.45) is 17.8 Å². The van der Waals surface area contributed by atoms with E-state index in [1.54, 1.807) is 6.07 Å². The van der Waals surface area contributed by atoms with Crippen LogP contribution < -0.4 is 5.73 Å². The molecule has 0 bridgehead atoms. The van der Waals surface area contributed by atoms with Crippen molar-refractivity contribution in [1.82, 2.24) is 14.5 Å². The van der Waals surface area contributed by atoms with Crippen molar-refractivity contribution in [1.29, 1.82) is 0 Å². The predicted molar refractivity (Wildman–Crippen MR) is 89.0 cm³/mol. The van der Waals surface area contributed by atoms with Crippen molar-refractivity contribution in [2.45, 2.75) is 43.8 Å². The first-order chi connectivity index (χ1) is 11.1. The summed E-state index contributed by atoms with van der Waals surface area (Å²) in [5, 5.41) is 0. The van der Waals surface area contributed by atoms with Gasteiger partial charge in [-0.15, -0.1) is 0 Å². The van der Waals surface area contributed by atoms with E-state index < -0.39 is 0 Å². The molecule has 2 aliphatic rings. The highest BCUT2D eigenvalue weighted by Crippen LogP contribution is 2.30. The fourth-order valence-electron chi connectivity index (χ4n) is 3.95. The first-order valence-corrected chi connectivity index (χ1v) is 8.21. The van der Waals surface area contributed by atoms with Crippen LogP contribution in [0, 0.1) is 5.82 Å². The Balaban J connectivity index is 1.67. The van der Waals surface area contributed by atoms with Gasteiger partial charge in [0.2, 0.25) is 0 Å². The van der Waals surface area contributed by atoms with Crippen LogP contribution in [-0.4, -0.2) is 45.5 Å². The number of para-hydroxylation sites is 1. The summed E-state index contributed by atoms with van der Waals surface area (Å²) in [5.74, 6) is 1.57. The Morgan fingerprint density at radius 2 is 2.13 bits per heavy atom. The highest BCUT2D eigenvalue weighted by Gasteiger charge is 2.39. The minimum absolute atomic E-state index is 0.145. The van der Waals surface area contributed by atoms with Crippen LogP contribution in [0.5, 0.6) is 0 Å². The normalized spacial score (nSPS) is 27.4. The summed E-state index contributed by atoms with van der Waals surface area (Å²) in [5.41, 5.74) is 7.49. The van der Waals surface area contributed by atoms with Gasteiger partial charge in [-0.1, -0.05) is 6.07 Å². The van der Waals surface area contributed by atoms with Crippen molar-refractivity contribution in [2.75, 3.05) is 7.05 Å². The molecular weight excluding hydrogens is 293 g/mol. The minimum atomic E-state index is -0.276. The zero-order valence-electron chi connectivity index (χ0n) is 13.5. The lowest BCUT2D eigenvalue weighted by molar-refractivity contribution is 0.251. The van der Waals surface area contributed by atoms with Crippen molar-refractivity contribution in [3.8, 4) is 0 Å². The maximum Gasteiger partial charge on any atom is 0.151 e. The molecule has 3 atom stereocenters. The van der Waals surface area contributed by atoms with Crippen LogP contribution in [0.1, 0.15) is 25.1 Å². The van der Waals surface area contributed by atoms with Gasteiger partial charge in [-0.3, -0.25) is 4.99 Å². The van der Waals surface area contributed by atoms with E-state index in [-0.39, 0.29) is 17.9 Å². The van der Waals surface area contributed by atoms with Crippen LogP contribution >= 0.6 is 0 Å². The standard InChI is InChI=1S/C17H22FN5/c1-22-12-7-3-5-10(18)16(12)20-14(22)9-15-21-17-11(19)6-4-8-13(17)23(15)2/h3,5,7,11,13,17H,4,6,8-9,19H2,1-2H3. The number of halogens is 1. The van der Waals surface area contributed by atoms with Crippen LogP contribution in [0.2, 0.25) is 0 Å². The third-order valence-corrected chi connectivity index (χ3v) is 5.34. The molecule has 1 aromatic heterocycles. The summed E-state index contributed by atoms with van der Waals surface area (Å²) in [6, 6.07) is 5.80. The molecule has 3 unspecified atom stereocenters. The van der Waals surface area contributed by atoms with Crippen molar-refractivity contribution >= 4 is 16.9 Å². The molecule has 0 saturated heterocycles. The Labute approximate surface area is 135 Å². The molecule has 23 heavy (non-hydrogen) atoms. The second-order valence-corrected chi connectivity index (χ2v) is 6.68. The summed E-state index contributed by atoms with van der Waals surface area (Å²) in [6.07, 6.45) is 3.95. The Hall–Kier alpha value is -1.95. The third kappa shape index (κ3) is 2.24. The topological polar surface area (TPSA) is 59.4 Å². The lowest BCUT2D eigenvalue weighted by Crippen LogP contribution is -2.48. The fourth-order valence-corrected chi connectivity index (χ4v) is 3.95. The number of hydrogen-bond acceptors (Lipinski definition) is 4. The number of nitrogens with two attached hydrogens (primary N) is 1. The highest BCUT2D eigenvalue weighted by molar-refractivity contribution is 5.87. The third-order valence-electron chi connectivity index (χ3n) is 5.34. The smallest absolute Gasteiger partial charge is 0.151 e. The summed E-state index contributed by atoms with van der Waals surface area (Å²) < 4.78 is 15.9. The molecule has 2 aromatic rings. The molecule has 2 N–H and O–H groups in total. The van der Waals surface area contributed by atoms with Crippen LogP contribution in [0.15, 0.2) is 23.2 Å². The molecule has 0 amide bonds. The number of nitrogens with zero attached hydrogens (tertiary/aromatic N) is 4. The van der Waals surface area contributed by atoms with Gasteiger partial charge in [0.1, 0.15) is 17.2 Å². The number of aliphatic imine (C=N–C) groups is 1. The van der Waals surface area contributed by atoms with Crippen LogP contribution in [-0.2, 0) is 13.5 Å². The number of rotatable bonds is 2. The largest absolute Gasteiger partial charge is 0.358 e. The monoisotopic (exact) mass is 315 g/mol. The van der Waals surface area contributed by atoms with E-state index in [1.807, 2.05) is 17.7 Å². The van der Waals surface area contributed by atoms with E-state index in [9.17, 15) is 4.39 Å². The number of benzene rings is 1. The fraction of sp³-hybridized carbons (Fsp3) is 0.529. The highest BCUT2D eigenvalue weighted by atomic mass is 19.1. The molecule has 0 radical (unpaired) electrons. The average Bonchev–Trinajstić information content (AvgIpc) is 3.02. The molecule has 1 aromatic carbocycles. The van der Waals surface area contributed by atoms with Crippen molar-refractivity contribution < 1.29 is 4.39 Å². The van der Waals surface area contributed by atoms with Crippen LogP contribution in [0.25, 0.3) is 11.0 Å². The molecule has 5 nitrogen and oxygen atoms in total. The van der Waals surface area contributed by atoms with Crippen LogP contribution in [0.3, 0.4) is 0 Å². The van der Waals surface area contributed by atoms with E-state index in [0.717, 1.165) is 36.4 Å². The molecule has 4 rings (SSSR count). The SMILES string of the molecule is CN1C(Cc2nc3c(F)cccc3n2C)=NC2C(N)CCCC21. The van der Waals surface area contributed by atoms with E-state index in [2.05, 4.69) is 16.9 Å². The van der Waals surface area contributed by atoms with Gasteiger partial charge in [0.15, 0.2) is 5.82 Å². The van der Waals surface area contributed by atoms with Gasteiger partial charge in [-0.05, 0) is 31.4 Å². The molecule has 1 aliphatic heterocycles. The zero-order valence-corrected chi connectivity index (χ0v) is 13.5. The second-order valence-electron chi connectivity index (χ2n) is 6.68. The summed E-state index contributed by atoms with van der Waals surface area (Å²) in [4.78, 5) is 11.6. The maximum absolute atomic E-state index is 13.9. The summed E-state index contributed by atoms with van der Waals surface area (Å²) in [7, 11) is 4.02. The van der Waals surface area contributed by atoms with E-state index in [0.29, 0.717) is 18.0 Å². The van der Waals surface area contributed by atoms with Crippen LogP contribution in [0.4, 0.5) is 4.39 Å². The molecule has 2 heterocycles. The summed E-state index contributed by atoms with van der Waals surface area (Å²) in [6.45, 7) is 0. The Bertz CT molecular complexity index is 781. The number of likely N-dealkylation sites (N-methyl/N-ethyl adjacent to an activating group) is 1. The van der Waals surface area contributed by atoms with E-state index in [4.69, 9.17) is 10.7 Å². The molecule has 6 heteroatoms. The van der Waals surface area contributed by atoms with E-state index in [1.165, 1.54) is 6.07 Å². The predicted octanol–water partition coefficient (Wildman–Crippen LogP) is 1.85. The molecule has 0 spiro atoms. The number of fused-ring (bicyclic) bond motifs is 2. The Kier molecular flexibility index (Phi) is 3.37. The molecule has 1 aliphatic carbocycles. The van der Waals surface area contributed by atoms with E-state index >= 15 is 0 Å². The van der Waals surface area contributed by atoms with Gasteiger partial charge >= 0.3 is 0 Å². The number of amidine groups is 1. The van der Waals surface area contributed by atoms with Gasteiger partial charge < -0.3 is 15.2 Å². The maximum atomic E-state index is 13.9. The zero-order chi connectivity index (χ0) is 16.1. The lowest BCUT2D eigenvalue weighted by Gasteiger charge is -2.33. The van der Waals surface area contributed by atoms with Crippen molar-refractivity contribution in [3.05, 3.63) is 29.8 Å². The van der Waals surface area contributed by atoms with Gasteiger partial charge in [-0.2, -0.15) is 0 Å².